The number of thioether (sulfide) groups is 1. The fourth-order valence-electron chi connectivity index (χ4n) is 3.47. The lowest BCUT2D eigenvalue weighted by atomic mass is 9.90. The molecule has 0 spiro atoms. The van der Waals surface area contributed by atoms with E-state index in [1.165, 1.54) is 6.07 Å². The molecule has 2 heterocycles. The molecule has 3 rings (SSSR count). The zero-order chi connectivity index (χ0) is 16.1. The van der Waals surface area contributed by atoms with Crippen LogP contribution in [0.25, 0.3) is 0 Å². The summed E-state index contributed by atoms with van der Waals surface area (Å²) in [5.41, 5.74) is 1.07. The lowest BCUT2D eigenvalue weighted by Gasteiger charge is -2.33. The average Bonchev–Trinajstić information content (AvgIpc) is 2.56. The molecular weight excluding hydrogens is 347 g/mol. The third kappa shape index (κ3) is 5.64. The topological polar surface area (TPSA) is 32.3 Å². The van der Waals surface area contributed by atoms with Gasteiger partial charge in [-0.1, -0.05) is 12.1 Å². The highest BCUT2D eigenvalue weighted by Gasteiger charge is 2.25. The third-order valence-electron chi connectivity index (χ3n) is 4.80. The van der Waals surface area contributed by atoms with E-state index in [0.717, 1.165) is 56.0 Å². The Balaban J connectivity index is 0.00000208. The van der Waals surface area contributed by atoms with Gasteiger partial charge in [0, 0.05) is 43.6 Å². The maximum atomic E-state index is 13.3. The van der Waals surface area contributed by atoms with E-state index in [0.29, 0.717) is 18.4 Å². The number of carbonyl (C=O) groups excluding carboxylic acids is 1. The SMILES string of the molecule is Cl.O=C(CC1CSCCN1)N1CCC(Cc2cccc(F)c2)CC1. The van der Waals surface area contributed by atoms with Crippen molar-refractivity contribution >= 4 is 30.1 Å². The average molecular weight is 373 g/mol. The predicted molar refractivity (Wildman–Crippen MR) is 100 cm³/mol. The zero-order valence-corrected chi connectivity index (χ0v) is 15.5. The summed E-state index contributed by atoms with van der Waals surface area (Å²) in [4.78, 5) is 14.4. The van der Waals surface area contributed by atoms with Crippen LogP contribution in [0.5, 0.6) is 0 Å². The van der Waals surface area contributed by atoms with E-state index in [4.69, 9.17) is 0 Å². The highest BCUT2D eigenvalue weighted by Crippen LogP contribution is 2.23. The quantitative estimate of drug-likeness (QED) is 0.881. The number of halogens is 2. The largest absolute Gasteiger partial charge is 0.343 e. The molecule has 2 aliphatic rings. The molecule has 134 valence electrons. The molecule has 1 N–H and O–H groups in total. The number of rotatable bonds is 4. The van der Waals surface area contributed by atoms with Crippen molar-refractivity contribution in [1.29, 1.82) is 0 Å². The molecule has 0 aliphatic carbocycles. The zero-order valence-electron chi connectivity index (χ0n) is 13.9. The van der Waals surface area contributed by atoms with Gasteiger partial charge in [0.05, 0.1) is 0 Å². The molecule has 24 heavy (non-hydrogen) atoms. The van der Waals surface area contributed by atoms with Gasteiger partial charge in [0.15, 0.2) is 0 Å². The van der Waals surface area contributed by atoms with Gasteiger partial charge in [-0.3, -0.25) is 4.79 Å². The molecule has 2 aliphatic heterocycles. The van der Waals surface area contributed by atoms with Crippen molar-refractivity contribution in [3.8, 4) is 0 Å². The Morgan fingerprint density at radius 1 is 1.33 bits per heavy atom. The summed E-state index contributed by atoms with van der Waals surface area (Å²) in [6, 6.07) is 7.23. The van der Waals surface area contributed by atoms with Crippen molar-refractivity contribution in [2.75, 3.05) is 31.1 Å². The number of nitrogens with one attached hydrogen (secondary N) is 1. The van der Waals surface area contributed by atoms with Crippen LogP contribution in [-0.2, 0) is 11.2 Å². The molecule has 0 radical (unpaired) electrons. The predicted octanol–water partition coefficient (Wildman–Crippen LogP) is 3.12. The summed E-state index contributed by atoms with van der Waals surface area (Å²) in [6.45, 7) is 2.70. The standard InChI is InChI=1S/C18H25FN2OS.ClH/c19-16-3-1-2-15(11-16)10-14-4-7-21(8-5-14)18(22)12-17-13-23-9-6-20-17;/h1-3,11,14,17,20H,4-10,12-13H2;1H. The lowest BCUT2D eigenvalue weighted by Crippen LogP contribution is -2.45. The first-order valence-corrected chi connectivity index (χ1v) is 9.69. The summed E-state index contributed by atoms with van der Waals surface area (Å²) in [5.74, 6) is 2.88. The Morgan fingerprint density at radius 2 is 2.12 bits per heavy atom. The van der Waals surface area contributed by atoms with E-state index in [1.54, 1.807) is 12.1 Å². The summed E-state index contributed by atoms with van der Waals surface area (Å²) < 4.78 is 13.3. The van der Waals surface area contributed by atoms with Crippen LogP contribution in [0, 0.1) is 11.7 Å². The summed E-state index contributed by atoms with van der Waals surface area (Å²) in [5, 5.41) is 3.43. The maximum absolute atomic E-state index is 13.3. The van der Waals surface area contributed by atoms with Crippen LogP contribution < -0.4 is 5.32 Å². The first kappa shape index (κ1) is 19.5. The number of benzene rings is 1. The number of hydrogen-bond donors (Lipinski definition) is 1. The van der Waals surface area contributed by atoms with Gasteiger partial charge in [0.2, 0.25) is 5.91 Å². The number of piperidine rings is 1. The van der Waals surface area contributed by atoms with Crippen molar-refractivity contribution in [2.24, 2.45) is 5.92 Å². The molecule has 0 bridgehead atoms. The molecule has 6 heteroatoms. The molecule has 2 fully saturated rings. The molecule has 1 atom stereocenters. The van der Waals surface area contributed by atoms with Gasteiger partial charge in [-0.05, 0) is 42.9 Å². The molecule has 2 saturated heterocycles. The minimum atomic E-state index is -0.159. The Kier molecular flexibility index (Phi) is 7.85. The summed E-state index contributed by atoms with van der Waals surface area (Å²) >= 11 is 1.93. The third-order valence-corrected chi connectivity index (χ3v) is 5.93. The van der Waals surface area contributed by atoms with Gasteiger partial charge in [-0.2, -0.15) is 11.8 Å². The van der Waals surface area contributed by atoms with Crippen molar-refractivity contribution in [3.63, 3.8) is 0 Å². The fourth-order valence-corrected chi connectivity index (χ4v) is 4.42. The second-order valence-corrected chi connectivity index (χ2v) is 7.74. The van der Waals surface area contributed by atoms with Crippen LogP contribution in [0.1, 0.15) is 24.8 Å². The van der Waals surface area contributed by atoms with Crippen LogP contribution in [0.15, 0.2) is 24.3 Å². The summed E-state index contributed by atoms with van der Waals surface area (Å²) in [7, 11) is 0. The van der Waals surface area contributed by atoms with Gasteiger partial charge in [0.1, 0.15) is 5.82 Å². The number of nitrogens with zero attached hydrogens (tertiary/aromatic N) is 1. The number of amides is 1. The van der Waals surface area contributed by atoms with E-state index in [-0.39, 0.29) is 24.1 Å². The highest BCUT2D eigenvalue weighted by atomic mass is 35.5. The van der Waals surface area contributed by atoms with Crippen LogP contribution in [-0.4, -0.2) is 48.0 Å². The minimum Gasteiger partial charge on any atom is -0.343 e. The van der Waals surface area contributed by atoms with Gasteiger partial charge < -0.3 is 10.2 Å². The fraction of sp³-hybridized carbons (Fsp3) is 0.611. The van der Waals surface area contributed by atoms with Crippen molar-refractivity contribution < 1.29 is 9.18 Å². The van der Waals surface area contributed by atoms with Gasteiger partial charge >= 0.3 is 0 Å². The smallest absolute Gasteiger partial charge is 0.224 e. The van der Waals surface area contributed by atoms with Crippen molar-refractivity contribution in [1.82, 2.24) is 10.2 Å². The van der Waals surface area contributed by atoms with Crippen molar-refractivity contribution in [2.45, 2.75) is 31.7 Å². The summed E-state index contributed by atoms with van der Waals surface area (Å²) in [6.07, 6.45) is 3.59. The van der Waals surface area contributed by atoms with Crippen LogP contribution >= 0.6 is 24.2 Å². The minimum absolute atomic E-state index is 0. The van der Waals surface area contributed by atoms with Crippen molar-refractivity contribution in [3.05, 3.63) is 35.6 Å². The number of carbonyl (C=O) groups is 1. The second-order valence-electron chi connectivity index (χ2n) is 6.59. The molecule has 1 amide bonds. The molecule has 0 aromatic heterocycles. The monoisotopic (exact) mass is 372 g/mol. The van der Waals surface area contributed by atoms with E-state index >= 15 is 0 Å². The van der Waals surface area contributed by atoms with Crippen LogP contribution in [0.3, 0.4) is 0 Å². The first-order valence-electron chi connectivity index (χ1n) is 8.54. The molecule has 1 aromatic rings. The molecular formula is C18H26ClFN2OS. The van der Waals surface area contributed by atoms with Gasteiger partial charge in [0.25, 0.3) is 0 Å². The van der Waals surface area contributed by atoms with E-state index in [1.807, 2.05) is 22.7 Å². The van der Waals surface area contributed by atoms with Crippen LogP contribution in [0.2, 0.25) is 0 Å². The van der Waals surface area contributed by atoms with Gasteiger partial charge in [-0.15, -0.1) is 12.4 Å². The van der Waals surface area contributed by atoms with E-state index in [2.05, 4.69) is 5.32 Å². The number of likely N-dealkylation sites (tertiary alicyclic amines) is 1. The molecule has 1 unspecified atom stereocenters. The molecule has 3 nitrogen and oxygen atoms in total. The Hall–Kier alpha value is -0.780. The second kappa shape index (κ2) is 9.64. The first-order chi connectivity index (χ1) is 11.2. The lowest BCUT2D eigenvalue weighted by molar-refractivity contribution is -0.133. The normalized spacial score (nSPS) is 22.0. The highest BCUT2D eigenvalue weighted by molar-refractivity contribution is 7.99. The van der Waals surface area contributed by atoms with E-state index in [9.17, 15) is 9.18 Å². The molecule has 1 aromatic carbocycles. The maximum Gasteiger partial charge on any atom is 0.224 e. The molecule has 0 saturated carbocycles. The number of hydrogen-bond acceptors (Lipinski definition) is 3. The Morgan fingerprint density at radius 3 is 2.79 bits per heavy atom. The Bertz CT molecular complexity index is 532. The van der Waals surface area contributed by atoms with E-state index < -0.39 is 0 Å². The Labute approximate surface area is 154 Å². The van der Waals surface area contributed by atoms with Gasteiger partial charge in [-0.25, -0.2) is 4.39 Å². The van der Waals surface area contributed by atoms with Crippen LogP contribution in [0.4, 0.5) is 4.39 Å².